The summed E-state index contributed by atoms with van der Waals surface area (Å²) in [4.78, 5) is 28.1. The molecule has 0 bridgehead atoms. The molecule has 3 amide bonds. The van der Waals surface area contributed by atoms with Crippen molar-refractivity contribution >= 4 is 11.9 Å². The lowest BCUT2D eigenvalue weighted by Crippen LogP contribution is -2.47. The van der Waals surface area contributed by atoms with Crippen LogP contribution >= 0.6 is 0 Å². The lowest BCUT2D eigenvalue weighted by molar-refractivity contribution is -0.132. The third kappa shape index (κ3) is 3.53. The number of likely N-dealkylation sites (tertiary alicyclic amines) is 1. The van der Waals surface area contributed by atoms with Gasteiger partial charge in [-0.1, -0.05) is 6.92 Å². The second-order valence-electron chi connectivity index (χ2n) is 7.66. The Labute approximate surface area is 148 Å². The molecule has 6 nitrogen and oxygen atoms in total. The summed E-state index contributed by atoms with van der Waals surface area (Å²) in [6.45, 7) is 5.26. The van der Waals surface area contributed by atoms with Crippen LogP contribution in [0.5, 0.6) is 0 Å². The number of nitrogens with zero attached hydrogens (tertiary/aromatic N) is 2. The lowest BCUT2D eigenvalue weighted by Gasteiger charge is -2.36. The van der Waals surface area contributed by atoms with Crippen molar-refractivity contribution in [3.63, 3.8) is 0 Å². The molecule has 1 aliphatic carbocycles. The number of furan rings is 1. The second-order valence-corrected chi connectivity index (χ2v) is 7.66. The minimum Gasteiger partial charge on any atom is -0.466 e. The van der Waals surface area contributed by atoms with Crippen LogP contribution in [0.1, 0.15) is 50.0 Å². The van der Waals surface area contributed by atoms with E-state index in [9.17, 15) is 9.59 Å². The molecule has 0 unspecified atom stereocenters. The number of hydrogen-bond acceptors (Lipinski definition) is 3. The first-order chi connectivity index (χ1) is 12.1. The third-order valence-electron chi connectivity index (χ3n) is 5.89. The molecule has 0 spiro atoms. The lowest BCUT2D eigenvalue weighted by atomic mass is 10.0. The zero-order valence-electron chi connectivity index (χ0n) is 14.9. The van der Waals surface area contributed by atoms with Crippen LogP contribution in [0.3, 0.4) is 0 Å². The zero-order valence-corrected chi connectivity index (χ0v) is 14.9. The highest BCUT2D eigenvalue weighted by Crippen LogP contribution is 2.47. The zero-order chi connectivity index (χ0) is 17.4. The Kier molecular flexibility index (Phi) is 4.44. The van der Waals surface area contributed by atoms with Gasteiger partial charge in [-0.2, -0.15) is 0 Å². The van der Waals surface area contributed by atoms with Crippen LogP contribution in [-0.2, 0) is 11.2 Å². The first-order valence-corrected chi connectivity index (χ1v) is 9.52. The van der Waals surface area contributed by atoms with Gasteiger partial charge in [-0.15, -0.1) is 0 Å². The first-order valence-electron chi connectivity index (χ1n) is 9.52. The SMILES string of the molecule is C[C@H]1C[C@@H]1c1ccc(CCC(=O)N2CCC(N3CCNC3=O)CC2)o1. The second kappa shape index (κ2) is 6.73. The highest BCUT2D eigenvalue weighted by Gasteiger charge is 2.36. The minimum atomic E-state index is 0.0448. The Hall–Kier alpha value is -1.98. The summed E-state index contributed by atoms with van der Waals surface area (Å²) < 4.78 is 5.89. The number of piperidine rings is 1. The van der Waals surface area contributed by atoms with E-state index in [-0.39, 0.29) is 18.0 Å². The summed E-state index contributed by atoms with van der Waals surface area (Å²) in [7, 11) is 0. The molecular formula is C19H27N3O3. The molecule has 4 rings (SSSR count). The van der Waals surface area contributed by atoms with E-state index >= 15 is 0 Å². The Morgan fingerprint density at radius 1 is 1.28 bits per heavy atom. The molecule has 136 valence electrons. The van der Waals surface area contributed by atoms with Crippen LogP contribution in [0.4, 0.5) is 4.79 Å². The topological polar surface area (TPSA) is 65.8 Å². The van der Waals surface area contributed by atoms with Crippen LogP contribution in [0.15, 0.2) is 16.5 Å². The molecule has 2 atom stereocenters. The number of rotatable bonds is 5. The van der Waals surface area contributed by atoms with Crippen LogP contribution in [0.25, 0.3) is 0 Å². The summed E-state index contributed by atoms with van der Waals surface area (Å²) in [5, 5.41) is 2.85. The van der Waals surface area contributed by atoms with Crippen molar-refractivity contribution in [2.45, 2.75) is 51.0 Å². The van der Waals surface area contributed by atoms with Gasteiger partial charge in [-0.05, 0) is 37.3 Å². The maximum atomic E-state index is 12.5. The average Bonchev–Trinajstić information content (AvgIpc) is 3.01. The van der Waals surface area contributed by atoms with Crippen LogP contribution < -0.4 is 5.32 Å². The van der Waals surface area contributed by atoms with Gasteiger partial charge in [0.2, 0.25) is 5.91 Å². The minimum absolute atomic E-state index is 0.0448. The monoisotopic (exact) mass is 345 g/mol. The van der Waals surface area contributed by atoms with Gasteiger partial charge in [0.1, 0.15) is 11.5 Å². The average molecular weight is 345 g/mol. The molecule has 1 saturated carbocycles. The van der Waals surface area contributed by atoms with Crippen molar-refractivity contribution in [1.82, 2.24) is 15.1 Å². The molecule has 1 N–H and O–H groups in total. The molecule has 2 saturated heterocycles. The van der Waals surface area contributed by atoms with Gasteiger partial charge in [-0.3, -0.25) is 4.79 Å². The summed E-state index contributed by atoms with van der Waals surface area (Å²) in [6, 6.07) is 4.41. The fourth-order valence-corrected chi connectivity index (χ4v) is 4.10. The van der Waals surface area contributed by atoms with Gasteiger partial charge in [-0.25, -0.2) is 4.79 Å². The largest absolute Gasteiger partial charge is 0.466 e. The Morgan fingerprint density at radius 2 is 2.04 bits per heavy atom. The van der Waals surface area contributed by atoms with Crippen molar-refractivity contribution < 1.29 is 14.0 Å². The molecule has 25 heavy (non-hydrogen) atoms. The maximum absolute atomic E-state index is 12.5. The summed E-state index contributed by atoms with van der Waals surface area (Å²) in [5.41, 5.74) is 0. The van der Waals surface area contributed by atoms with Gasteiger partial charge in [0.25, 0.3) is 0 Å². The van der Waals surface area contributed by atoms with Crippen molar-refractivity contribution in [2.75, 3.05) is 26.2 Å². The molecule has 1 aromatic heterocycles. The third-order valence-corrected chi connectivity index (χ3v) is 5.89. The summed E-state index contributed by atoms with van der Waals surface area (Å²) in [5.74, 6) is 3.53. The normalized spacial score (nSPS) is 26.8. The number of urea groups is 1. The van der Waals surface area contributed by atoms with E-state index in [0.717, 1.165) is 56.5 Å². The van der Waals surface area contributed by atoms with Crippen molar-refractivity contribution in [3.8, 4) is 0 Å². The highest BCUT2D eigenvalue weighted by molar-refractivity contribution is 5.77. The molecule has 0 aromatic carbocycles. The summed E-state index contributed by atoms with van der Waals surface area (Å²) >= 11 is 0. The Morgan fingerprint density at radius 3 is 2.68 bits per heavy atom. The number of amides is 3. The standard InChI is InChI=1S/C19H27N3O3/c1-13-12-16(13)17-4-2-15(25-17)3-5-18(23)21-9-6-14(7-10-21)22-11-8-20-19(22)24/h2,4,13-14,16H,3,5-12H2,1H3,(H,20,24)/t13-,16-/m0/s1. The van der Waals surface area contributed by atoms with Crippen molar-refractivity contribution in [1.29, 1.82) is 0 Å². The van der Waals surface area contributed by atoms with Crippen LogP contribution in [-0.4, -0.2) is 54.0 Å². The van der Waals surface area contributed by atoms with Gasteiger partial charge in [0, 0.05) is 51.0 Å². The fourth-order valence-electron chi connectivity index (χ4n) is 4.10. The van der Waals surface area contributed by atoms with E-state index in [2.05, 4.69) is 18.3 Å². The van der Waals surface area contributed by atoms with Crippen LogP contribution in [0.2, 0.25) is 0 Å². The predicted molar refractivity (Wildman–Crippen MR) is 93.3 cm³/mol. The molecule has 2 aliphatic heterocycles. The number of carbonyl (C=O) groups excluding carboxylic acids is 2. The molecular weight excluding hydrogens is 318 g/mol. The fraction of sp³-hybridized carbons (Fsp3) is 0.684. The smallest absolute Gasteiger partial charge is 0.317 e. The van der Waals surface area contributed by atoms with Gasteiger partial charge >= 0.3 is 6.03 Å². The van der Waals surface area contributed by atoms with Gasteiger partial charge < -0.3 is 19.5 Å². The van der Waals surface area contributed by atoms with E-state index in [1.165, 1.54) is 6.42 Å². The Balaban J connectivity index is 1.22. The van der Waals surface area contributed by atoms with Gasteiger partial charge in [0.05, 0.1) is 0 Å². The first kappa shape index (κ1) is 16.5. The molecule has 0 radical (unpaired) electrons. The number of nitrogens with one attached hydrogen (secondary N) is 1. The molecule has 6 heteroatoms. The van der Waals surface area contributed by atoms with E-state index in [1.54, 1.807) is 0 Å². The maximum Gasteiger partial charge on any atom is 0.317 e. The van der Waals surface area contributed by atoms with E-state index in [4.69, 9.17) is 4.42 Å². The Bertz CT molecular complexity index is 648. The van der Waals surface area contributed by atoms with Crippen molar-refractivity contribution in [3.05, 3.63) is 23.7 Å². The molecule has 3 aliphatic rings. The number of aryl methyl sites for hydroxylation is 1. The number of carbonyl (C=O) groups is 2. The van der Waals surface area contributed by atoms with Gasteiger partial charge in [0.15, 0.2) is 0 Å². The highest BCUT2D eigenvalue weighted by atomic mass is 16.3. The van der Waals surface area contributed by atoms with Crippen LogP contribution in [0, 0.1) is 5.92 Å². The molecule has 3 fully saturated rings. The molecule has 3 heterocycles. The van der Waals surface area contributed by atoms with E-state index in [1.807, 2.05) is 15.9 Å². The number of hydrogen-bond donors (Lipinski definition) is 1. The predicted octanol–water partition coefficient (Wildman–Crippen LogP) is 2.35. The van der Waals surface area contributed by atoms with E-state index < -0.39 is 0 Å². The van der Waals surface area contributed by atoms with E-state index in [0.29, 0.717) is 18.8 Å². The quantitative estimate of drug-likeness (QED) is 0.891. The molecule has 1 aromatic rings. The summed E-state index contributed by atoms with van der Waals surface area (Å²) in [6.07, 6.45) is 4.15. The van der Waals surface area contributed by atoms with Crippen molar-refractivity contribution in [2.24, 2.45) is 5.92 Å².